The summed E-state index contributed by atoms with van der Waals surface area (Å²) in [5, 5.41) is 3.01. The van der Waals surface area contributed by atoms with Gasteiger partial charge in [0.1, 0.15) is 0 Å². The number of nitrogens with one attached hydrogen (secondary N) is 1. The summed E-state index contributed by atoms with van der Waals surface area (Å²) in [6, 6.07) is 5.48. The molecule has 0 saturated carbocycles. The van der Waals surface area contributed by atoms with Gasteiger partial charge in [-0.1, -0.05) is 13.8 Å². The number of rotatable bonds is 4. The predicted molar refractivity (Wildman–Crippen MR) is 89.2 cm³/mol. The fourth-order valence-electron chi connectivity index (χ4n) is 3.89. The molecule has 6 heteroatoms. The van der Waals surface area contributed by atoms with Gasteiger partial charge in [0, 0.05) is 31.4 Å². The number of amides is 1. The van der Waals surface area contributed by atoms with E-state index in [-0.39, 0.29) is 30.8 Å². The first kappa shape index (κ1) is 15.7. The van der Waals surface area contributed by atoms with Gasteiger partial charge in [0.15, 0.2) is 11.5 Å². The largest absolute Gasteiger partial charge is 0.454 e. The summed E-state index contributed by atoms with van der Waals surface area (Å²) in [5.74, 6) is 1.98. The number of carbonyl (C=O) groups excluding carboxylic acids is 1. The highest BCUT2D eigenvalue weighted by Gasteiger charge is 2.44. The van der Waals surface area contributed by atoms with Gasteiger partial charge in [0.2, 0.25) is 12.7 Å². The molecule has 130 valence electrons. The molecule has 1 amide bonds. The standard InChI is InChI=1S/C18H24N2O4/c1-11(2)7-20-8-13-6-14(17(9-20)24-13)18(21)19-12-3-4-15-16(5-12)23-10-22-15/h3-5,11,13-14,17H,6-10H2,1-2H3,(H,19,21)/t13-,14+,17-/m0/s1. The van der Waals surface area contributed by atoms with Crippen LogP contribution in [0.2, 0.25) is 0 Å². The lowest BCUT2D eigenvalue weighted by molar-refractivity contribution is -0.123. The average Bonchev–Trinajstić information content (AvgIpc) is 3.10. The molecule has 0 spiro atoms. The Kier molecular flexibility index (Phi) is 4.10. The van der Waals surface area contributed by atoms with Gasteiger partial charge >= 0.3 is 0 Å². The first-order valence-electron chi connectivity index (χ1n) is 8.67. The molecule has 3 heterocycles. The third kappa shape index (κ3) is 3.08. The van der Waals surface area contributed by atoms with E-state index in [0.29, 0.717) is 11.7 Å². The predicted octanol–water partition coefficient (Wildman–Crippen LogP) is 2.10. The van der Waals surface area contributed by atoms with Crippen LogP contribution >= 0.6 is 0 Å². The second-order valence-electron chi connectivity index (χ2n) is 7.31. The second-order valence-corrected chi connectivity index (χ2v) is 7.31. The van der Waals surface area contributed by atoms with Crippen LogP contribution in [0.25, 0.3) is 0 Å². The molecule has 0 unspecified atom stereocenters. The first-order chi connectivity index (χ1) is 11.6. The third-order valence-corrected chi connectivity index (χ3v) is 4.83. The highest BCUT2D eigenvalue weighted by molar-refractivity contribution is 5.93. The van der Waals surface area contributed by atoms with Crippen LogP contribution in [0.4, 0.5) is 5.69 Å². The minimum absolute atomic E-state index is 0.00323. The van der Waals surface area contributed by atoms with Crippen molar-refractivity contribution in [2.24, 2.45) is 11.8 Å². The molecule has 3 aliphatic rings. The molecule has 3 aliphatic heterocycles. The van der Waals surface area contributed by atoms with Crippen molar-refractivity contribution in [1.29, 1.82) is 0 Å². The number of hydrogen-bond donors (Lipinski definition) is 1. The van der Waals surface area contributed by atoms with E-state index >= 15 is 0 Å². The van der Waals surface area contributed by atoms with Crippen LogP contribution < -0.4 is 14.8 Å². The van der Waals surface area contributed by atoms with Crippen LogP contribution in [0.15, 0.2) is 18.2 Å². The normalized spacial score (nSPS) is 28.4. The third-order valence-electron chi connectivity index (χ3n) is 4.83. The summed E-state index contributed by atoms with van der Waals surface area (Å²) < 4.78 is 16.7. The van der Waals surface area contributed by atoms with E-state index in [0.717, 1.165) is 37.5 Å². The highest BCUT2D eigenvalue weighted by Crippen LogP contribution is 2.36. The van der Waals surface area contributed by atoms with Gasteiger partial charge in [-0.15, -0.1) is 0 Å². The number of nitrogens with zero attached hydrogens (tertiary/aromatic N) is 1. The molecule has 3 atom stereocenters. The minimum Gasteiger partial charge on any atom is -0.454 e. The topological polar surface area (TPSA) is 60.0 Å². The molecule has 1 aromatic carbocycles. The van der Waals surface area contributed by atoms with Gasteiger partial charge in [0.25, 0.3) is 0 Å². The van der Waals surface area contributed by atoms with Crippen LogP contribution in [-0.2, 0) is 9.53 Å². The quantitative estimate of drug-likeness (QED) is 0.915. The van der Waals surface area contributed by atoms with Gasteiger partial charge in [-0.05, 0) is 24.5 Å². The maximum Gasteiger partial charge on any atom is 0.231 e. The van der Waals surface area contributed by atoms with Crippen molar-refractivity contribution in [3.05, 3.63) is 18.2 Å². The van der Waals surface area contributed by atoms with Gasteiger partial charge in [-0.3, -0.25) is 9.69 Å². The Morgan fingerprint density at radius 3 is 2.96 bits per heavy atom. The fraction of sp³-hybridized carbons (Fsp3) is 0.611. The van der Waals surface area contributed by atoms with Crippen LogP contribution in [0.3, 0.4) is 0 Å². The number of ether oxygens (including phenoxy) is 3. The first-order valence-corrected chi connectivity index (χ1v) is 8.67. The zero-order chi connectivity index (χ0) is 16.7. The lowest BCUT2D eigenvalue weighted by Gasteiger charge is -2.33. The average molecular weight is 332 g/mol. The van der Waals surface area contributed by atoms with Crippen molar-refractivity contribution in [3.63, 3.8) is 0 Å². The monoisotopic (exact) mass is 332 g/mol. The molecule has 2 fully saturated rings. The molecule has 24 heavy (non-hydrogen) atoms. The minimum atomic E-state index is -0.0856. The molecule has 6 nitrogen and oxygen atoms in total. The van der Waals surface area contributed by atoms with E-state index in [9.17, 15) is 4.79 Å². The van der Waals surface area contributed by atoms with E-state index in [1.807, 2.05) is 18.2 Å². The molecular weight excluding hydrogens is 308 g/mol. The van der Waals surface area contributed by atoms with Crippen LogP contribution in [0.5, 0.6) is 11.5 Å². The van der Waals surface area contributed by atoms with Gasteiger partial charge < -0.3 is 19.5 Å². The molecule has 4 rings (SSSR count). The molecule has 2 bridgehead atoms. The molecule has 0 radical (unpaired) electrons. The Labute approximate surface area is 142 Å². The number of fused-ring (bicyclic) bond motifs is 3. The highest BCUT2D eigenvalue weighted by atomic mass is 16.7. The van der Waals surface area contributed by atoms with Crippen molar-refractivity contribution in [2.45, 2.75) is 32.5 Å². The SMILES string of the molecule is CC(C)CN1C[C@@H]2C[C@@H](C(=O)Nc3ccc4c(c3)OCO4)[C@H](C1)O2. The van der Waals surface area contributed by atoms with Crippen molar-refractivity contribution in [2.75, 3.05) is 31.7 Å². The number of likely N-dealkylation sites (tertiary alicyclic amines) is 1. The fourth-order valence-corrected chi connectivity index (χ4v) is 3.89. The van der Waals surface area contributed by atoms with Crippen molar-refractivity contribution < 1.29 is 19.0 Å². The van der Waals surface area contributed by atoms with Gasteiger partial charge in [-0.25, -0.2) is 0 Å². The van der Waals surface area contributed by atoms with E-state index in [4.69, 9.17) is 14.2 Å². The lowest BCUT2D eigenvalue weighted by Crippen LogP contribution is -2.45. The van der Waals surface area contributed by atoms with Crippen LogP contribution in [0, 0.1) is 11.8 Å². The zero-order valence-corrected chi connectivity index (χ0v) is 14.2. The Balaban J connectivity index is 1.40. The Hall–Kier alpha value is -1.79. The van der Waals surface area contributed by atoms with Crippen molar-refractivity contribution in [3.8, 4) is 11.5 Å². The number of carbonyl (C=O) groups is 1. The Morgan fingerprint density at radius 1 is 1.29 bits per heavy atom. The van der Waals surface area contributed by atoms with Crippen molar-refractivity contribution in [1.82, 2.24) is 4.90 Å². The molecule has 1 aromatic rings. The van der Waals surface area contributed by atoms with Crippen LogP contribution in [-0.4, -0.2) is 49.4 Å². The van der Waals surface area contributed by atoms with E-state index < -0.39 is 0 Å². The zero-order valence-electron chi connectivity index (χ0n) is 14.2. The summed E-state index contributed by atoms with van der Waals surface area (Å²) in [4.78, 5) is 15.1. The van der Waals surface area contributed by atoms with E-state index in [1.54, 1.807) is 0 Å². The summed E-state index contributed by atoms with van der Waals surface area (Å²) in [6.45, 7) is 7.52. The number of anilines is 1. The maximum atomic E-state index is 12.7. The summed E-state index contributed by atoms with van der Waals surface area (Å²) in [7, 11) is 0. The van der Waals surface area contributed by atoms with Gasteiger partial charge in [-0.2, -0.15) is 0 Å². The van der Waals surface area contributed by atoms with Crippen LogP contribution in [0.1, 0.15) is 20.3 Å². The number of hydrogen-bond acceptors (Lipinski definition) is 5. The molecule has 1 N–H and O–H groups in total. The summed E-state index contributed by atoms with van der Waals surface area (Å²) >= 11 is 0. The lowest BCUT2D eigenvalue weighted by atomic mass is 9.99. The molecular formula is C18H24N2O4. The molecule has 0 aromatic heterocycles. The van der Waals surface area contributed by atoms with E-state index in [2.05, 4.69) is 24.1 Å². The smallest absolute Gasteiger partial charge is 0.231 e. The Bertz CT molecular complexity index is 633. The number of benzene rings is 1. The molecule has 0 aliphatic carbocycles. The summed E-state index contributed by atoms with van der Waals surface area (Å²) in [6.07, 6.45) is 0.974. The van der Waals surface area contributed by atoms with Gasteiger partial charge in [0.05, 0.1) is 18.1 Å². The molecule has 2 saturated heterocycles. The summed E-state index contributed by atoms with van der Waals surface area (Å²) in [5.41, 5.74) is 0.740. The van der Waals surface area contributed by atoms with Crippen molar-refractivity contribution >= 4 is 11.6 Å². The second kappa shape index (κ2) is 6.26. The van der Waals surface area contributed by atoms with E-state index in [1.165, 1.54) is 0 Å². The Morgan fingerprint density at radius 2 is 2.12 bits per heavy atom. The number of morpholine rings is 1. The maximum absolute atomic E-state index is 12.7.